The van der Waals surface area contributed by atoms with Gasteiger partial charge in [-0.1, -0.05) is 23.2 Å². The van der Waals surface area contributed by atoms with Crippen molar-refractivity contribution in [2.45, 2.75) is 0 Å². The smallest absolute Gasteiger partial charge is 0.153 e. The number of hydrogen-bond acceptors (Lipinski definition) is 5. The van der Waals surface area contributed by atoms with E-state index in [2.05, 4.69) is 15.3 Å². The maximum absolute atomic E-state index is 9.05. The fourth-order valence-electron chi connectivity index (χ4n) is 1.46. The molecule has 0 radical (unpaired) electrons. The Balaban J connectivity index is 2.45. The van der Waals surface area contributed by atoms with Gasteiger partial charge in [-0.15, -0.1) is 0 Å². The quantitative estimate of drug-likeness (QED) is 0.879. The summed E-state index contributed by atoms with van der Waals surface area (Å²) in [6, 6.07) is 7.01. The Morgan fingerprint density at radius 2 is 2.11 bits per heavy atom. The molecule has 0 saturated carbocycles. The molecule has 0 aliphatic rings. The first-order valence-corrected chi connectivity index (χ1v) is 5.92. The highest BCUT2D eigenvalue weighted by Crippen LogP contribution is 2.31. The first kappa shape index (κ1) is 13.4. The predicted octanol–water partition coefficient (Wildman–Crippen LogP) is 3.41. The third-order valence-electron chi connectivity index (χ3n) is 2.33. The van der Waals surface area contributed by atoms with Gasteiger partial charge in [0.2, 0.25) is 0 Å². The number of ether oxygens (including phenoxy) is 1. The highest BCUT2D eigenvalue weighted by atomic mass is 35.5. The number of rotatable bonds is 3. The SMILES string of the molecule is COc1ccc(Cl)cc1Nc1ncnc(Cl)c1C#N. The summed E-state index contributed by atoms with van der Waals surface area (Å²) in [5, 5.41) is 12.6. The van der Waals surface area contributed by atoms with E-state index in [-0.39, 0.29) is 10.7 Å². The molecule has 7 heteroatoms. The summed E-state index contributed by atoms with van der Waals surface area (Å²) in [6.07, 6.45) is 1.27. The minimum absolute atomic E-state index is 0.0843. The van der Waals surface area contributed by atoms with Gasteiger partial charge in [-0.3, -0.25) is 0 Å². The van der Waals surface area contributed by atoms with Crippen LogP contribution in [0.2, 0.25) is 10.2 Å². The molecule has 0 spiro atoms. The Morgan fingerprint density at radius 1 is 1.32 bits per heavy atom. The molecule has 5 nitrogen and oxygen atoms in total. The molecule has 1 N–H and O–H groups in total. The first-order valence-electron chi connectivity index (χ1n) is 5.17. The fraction of sp³-hybridized carbons (Fsp3) is 0.0833. The van der Waals surface area contributed by atoms with Crippen LogP contribution in [0.4, 0.5) is 11.5 Å². The number of halogens is 2. The van der Waals surface area contributed by atoms with Gasteiger partial charge in [0.05, 0.1) is 12.8 Å². The van der Waals surface area contributed by atoms with Crippen LogP contribution in [0.1, 0.15) is 5.56 Å². The van der Waals surface area contributed by atoms with Crippen LogP contribution in [0.15, 0.2) is 24.5 Å². The van der Waals surface area contributed by atoms with Gasteiger partial charge in [0.25, 0.3) is 0 Å². The van der Waals surface area contributed by atoms with Gasteiger partial charge in [-0.2, -0.15) is 5.26 Å². The Kier molecular flexibility index (Phi) is 4.05. The highest BCUT2D eigenvalue weighted by molar-refractivity contribution is 6.31. The second-order valence-electron chi connectivity index (χ2n) is 3.47. The standard InChI is InChI=1S/C12H8Cl2N4O/c1-19-10-3-2-7(13)4-9(10)18-12-8(5-15)11(14)16-6-17-12/h2-4,6H,1H3,(H,16,17,18). The molecule has 0 unspecified atom stereocenters. The molecule has 2 rings (SSSR count). The minimum Gasteiger partial charge on any atom is -0.495 e. The van der Waals surface area contributed by atoms with Gasteiger partial charge in [0.1, 0.15) is 23.7 Å². The highest BCUT2D eigenvalue weighted by Gasteiger charge is 2.12. The first-order chi connectivity index (χ1) is 9.15. The Morgan fingerprint density at radius 3 is 2.79 bits per heavy atom. The maximum atomic E-state index is 9.05. The van der Waals surface area contributed by atoms with Crippen LogP contribution in [0.3, 0.4) is 0 Å². The van der Waals surface area contributed by atoms with E-state index in [9.17, 15) is 0 Å². The van der Waals surface area contributed by atoms with Crippen LogP contribution in [-0.4, -0.2) is 17.1 Å². The summed E-state index contributed by atoms with van der Waals surface area (Å²) in [4.78, 5) is 7.73. The third kappa shape index (κ3) is 2.87. The summed E-state index contributed by atoms with van der Waals surface area (Å²) in [5.41, 5.74) is 0.743. The molecule has 0 saturated heterocycles. The third-order valence-corrected chi connectivity index (χ3v) is 2.85. The average Bonchev–Trinajstić information content (AvgIpc) is 2.39. The lowest BCUT2D eigenvalue weighted by Crippen LogP contribution is -2.00. The molecular formula is C12H8Cl2N4O. The molecule has 96 valence electrons. The van der Waals surface area contributed by atoms with Gasteiger partial charge in [-0.25, -0.2) is 9.97 Å². The number of benzene rings is 1. The van der Waals surface area contributed by atoms with E-state index in [0.29, 0.717) is 22.3 Å². The minimum atomic E-state index is 0.0843. The van der Waals surface area contributed by atoms with E-state index in [4.69, 9.17) is 33.2 Å². The average molecular weight is 295 g/mol. The van der Waals surface area contributed by atoms with E-state index in [0.717, 1.165) is 0 Å². The number of methoxy groups -OCH3 is 1. The molecular weight excluding hydrogens is 287 g/mol. The van der Waals surface area contributed by atoms with Gasteiger partial charge in [0, 0.05) is 5.02 Å². The summed E-state index contributed by atoms with van der Waals surface area (Å²) in [7, 11) is 1.53. The molecule has 0 bridgehead atoms. The Hall–Kier alpha value is -2.03. The fourth-order valence-corrected chi connectivity index (χ4v) is 1.81. The van der Waals surface area contributed by atoms with E-state index in [1.807, 2.05) is 6.07 Å². The second-order valence-corrected chi connectivity index (χ2v) is 4.26. The van der Waals surface area contributed by atoms with Crippen molar-refractivity contribution in [3.05, 3.63) is 40.3 Å². The molecule has 1 aromatic carbocycles. The van der Waals surface area contributed by atoms with Crippen molar-refractivity contribution in [1.29, 1.82) is 5.26 Å². The van der Waals surface area contributed by atoms with Crippen LogP contribution >= 0.6 is 23.2 Å². The van der Waals surface area contributed by atoms with Crippen LogP contribution in [0, 0.1) is 11.3 Å². The van der Waals surface area contributed by atoms with Gasteiger partial charge in [0.15, 0.2) is 11.0 Å². The number of hydrogen-bond donors (Lipinski definition) is 1. The van der Waals surface area contributed by atoms with Crippen molar-refractivity contribution >= 4 is 34.7 Å². The van der Waals surface area contributed by atoms with Crippen LogP contribution < -0.4 is 10.1 Å². The second kappa shape index (κ2) is 5.74. The van der Waals surface area contributed by atoms with Crippen molar-refractivity contribution in [1.82, 2.24) is 9.97 Å². The molecule has 0 amide bonds. The summed E-state index contributed by atoms with van der Waals surface area (Å²) in [5.74, 6) is 0.867. The molecule has 1 aromatic heterocycles. The summed E-state index contributed by atoms with van der Waals surface area (Å²) in [6.45, 7) is 0. The number of nitrogens with zero attached hydrogens (tertiary/aromatic N) is 3. The number of anilines is 2. The Labute approximate surface area is 119 Å². The predicted molar refractivity (Wildman–Crippen MR) is 73.0 cm³/mol. The monoisotopic (exact) mass is 294 g/mol. The lowest BCUT2D eigenvalue weighted by molar-refractivity contribution is 0.417. The molecule has 0 aliphatic heterocycles. The van der Waals surface area contributed by atoms with Crippen molar-refractivity contribution in [2.24, 2.45) is 0 Å². The zero-order valence-electron chi connectivity index (χ0n) is 9.82. The topological polar surface area (TPSA) is 70.8 Å². The van der Waals surface area contributed by atoms with Crippen molar-refractivity contribution in [3.8, 4) is 11.8 Å². The normalized spacial score (nSPS) is 9.79. The van der Waals surface area contributed by atoms with Crippen LogP contribution in [0.25, 0.3) is 0 Å². The van der Waals surface area contributed by atoms with Crippen LogP contribution in [0.5, 0.6) is 5.75 Å². The van der Waals surface area contributed by atoms with E-state index in [1.165, 1.54) is 13.4 Å². The maximum Gasteiger partial charge on any atom is 0.153 e. The van der Waals surface area contributed by atoms with Gasteiger partial charge >= 0.3 is 0 Å². The molecule has 1 heterocycles. The summed E-state index contributed by atoms with van der Waals surface area (Å²) >= 11 is 11.8. The number of nitriles is 1. The van der Waals surface area contributed by atoms with E-state index >= 15 is 0 Å². The van der Waals surface area contributed by atoms with Crippen LogP contribution in [-0.2, 0) is 0 Å². The molecule has 0 atom stereocenters. The lowest BCUT2D eigenvalue weighted by Gasteiger charge is -2.11. The lowest BCUT2D eigenvalue weighted by atomic mass is 10.2. The zero-order valence-corrected chi connectivity index (χ0v) is 11.3. The van der Waals surface area contributed by atoms with E-state index < -0.39 is 0 Å². The van der Waals surface area contributed by atoms with Crippen molar-refractivity contribution in [3.63, 3.8) is 0 Å². The molecule has 2 aromatic rings. The largest absolute Gasteiger partial charge is 0.495 e. The van der Waals surface area contributed by atoms with Crippen molar-refractivity contribution in [2.75, 3.05) is 12.4 Å². The van der Waals surface area contributed by atoms with Gasteiger partial charge < -0.3 is 10.1 Å². The number of aromatic nitrogens is 2. The molecule has 19 heavy (non-hydrogen) atoms. The van der Waals surface area contributed by atoms with Gasteiger partial charge in [-0.05, 0) is 18.2 Å². The summed E-state index contributed by atoms with van der Waals surface area (Å²) < 4.78 is 5.20. The molecule has 0 fully saturated rings. The number of nitrogens with one attached hydrogen (secondary N) is 1. The van der Waals surface area contributed by atoms with E-state index in [1.54, 1.807) is 18.2 Å². The Bertz CT molecular complexity index is 655. The van der Waals surface area contributed by atoms with Crippen molar-refractivity contribution < 1.29 is 4.74 Å². The molecule has 0 aliphatic carbocycles. The zero-order chi connectivity index (χ0) is 13.8.